The first kappa shape index (κ1) is 18.3. The molecule has 1 aliphatic carbocycles. The lowest BCUT2D eigenvalue weighted by Crippen LogP contribution is -2.14. The standard InChI is InChI=1S/C21H24O.C2H6/c1-14-11-16-13-18(21(2,3)4)20(22-5)19(17(16)12-14)15-9-7-6-8-10-15;1-2/h6-10,12-13H,11H2,1-5H3;1-2H3. The molecule has 0 saturated heterocycles. The fourth-order valence-corrected chi connectivity index (χ4v) is 3.30. The molecule has 0 unspecified atom stereocenters. The van der Waals surface area contributed by atoms with Crippen LogP contribution in [0.15, 0.2) is 42.0 Å². The Bertz CT molecular complexity index is 731. The Balaban J connectivity index is 0.00000100. The lowest BCUT2D eigenvalue weighted by Gasteiger charge is -2.26. The van der Waals surface area contributed by atoms with Gasteiger partial charge in [-0.3, -0.25) is 0 Å². The van der Waals surface area contributed by atoms with E-state index >= 15 is 0 Å². The van der Waals surface area contributed by atoms with Crippen LogP contribution in [-0.4, -0.2) is 7.11 Å². The zero-order chi connectivity index (χ0) is 17.9. The minimum atomic E-state index is 0.0560. The van der Waals surface area contributed by atoms with E-state index in [4.69, 9.17) is 4.74 Å². The van der Waals surface area contributed by atoms with Crippen molar-refractivity contribution in [1.82, 2.24) is 0 Å². The fourth-order valence-electron chi connectivity index (χ4n) is 3.30. The molecule has 24 heavy (non-hydrogen) atoms. The molecule has 1 nitrogen and oxygen atoms in total. The van der Waals surface area contributed by atoms with Crippen LogP contribution in [-0.2, 0) is 11.8 Å². The van der Waals surface area contributed by atoms with Gasteiger partial charge in [0, 0.05) is 11.1 Å². The van der Waals surface area contributed by atoms with E-state index in [1.807, 2.05) is 13.8 Å². The second-order valence-corrected chi connectivity index (χ2v) is 7.19. The molecule has 0 aromatic heterocycles. The van der Waals surface area contributed by atoms with Gasteiger partial charge in [0.1, 0.15) is 5.75 Å². The first-order chi connectivity index (χ1) is 11.4. The second kappa shape index (κ2) is 7.25. The zero-order valence-electron chi connectivity index (χ0n) is 16.2. The summed E-state index contributed by atoms with van der Waals surface area (Å²) in [5.74, 6) is 1.02. The van der Waals surface area contributed by atoms with Gasteiger partial charge in [0.2, 0.25) is 0 Å². The number of allylic oxidation sites excluding steroid dienone is 1. The van der Waals surface area contributed by atoms with Crippen LogP contribution < -0.4 is 4.74 Å². The normalized spacial score (nSPS) is 12.9. The molecule has 1 aliphatic rings. The average molecular weight is 322 g/mol. The van der Waals surface area contributed by atoms with Gasteiger partial charge in [0.05, 0.1) is 7.11 Å². The summed E-state index contributed by atoms with van der Waals surface area (Å²) in [6.45, 7) is 13.0. The minimum Gasteiger partial charge on any atom is -0.496 e. The maximum Gasteiger partial charge on any atom is 0.131 e. The SMILES string of the molecule is CC.COc1c(C(C)(C)C)cc2c(c1-c1ccccc1)C=C(C)C2. The van der Waals surface area contributed by atoms with Crippen molar-refractivity contribution in [2.45, 2.75) is 53.4 Å². The molecule has 128 valence electrons. The molecule has 0 amide bonds. The van der Waals surface area contributed by atoms with Crippen LogP contribution in [0.3, 0.4) is 0 Å². The number of benzene rings is 2. The van der Waals surface area contributed by atoms with E-state index < -0.39 is 0 Å². The smallest absolute Gasteiger partial charge is 0.131 e. The van der Waals surface area contributed by atoms with E-state index in [-0.39, 0.29) is 5.41 Å². The van der Waals surface area contributed by atoms with Crippen LogP contribution in [0.25, 0.3) is 17.2 Å². The summed E-state index contributed by atoms with van der Waals surface area (Å²) >= 11 is 0. The molecule has 0 aliphatic heterocycles. The third-order valence-corrected chi connectivity index (χ3v) is 4.34. The first-order valence-electron chi connectivity index (χ1n) is 8.88. The molecule has 0 spiro atoms. The number of rotatable bonds is 2. The maximum absolute atomic E-state index is 5.89. The van der Waals surface area contributed by atoms with Gasteiger partial charge in [-0.1, -0.05) is 82.7 Å². The second-order valence-electron chi connectivity index (χ2n) is 7.19. The van der Waals surface area contributed by atoms with Crippen LogP contribution >= 0.6 is 0 Å². The van der Waals surface area contributed by atoms with Gasteiger partial charge in [0.15, 0.2) is 0 Å². The topological polar surface area (TPSA) is 9.23 Å². The Morgan fingerprint density at radius 2 is 1.62 bits per heavy atom. The molecule has 3 rings (SSSR count). The quantitative estimate of drug-likeness (QED) is 0.601. The molecule has 0 N–H and O–H groups in total. The van der Waals surface area contributed by atoms with E-state index in [0.717, 1.165) is 12.2 Å². The van der Waals surface area contributed by atoms with Crippen LogP contribution in [0.2, 0.25) is 0 Å². The van der Waals surface area contributed by atoms with Crippen LogP contribution in [0, 0.1) is 0 Å². The summed E-state index contributed by atoms with van der Waals surface area (Å²) in [6.07, 6.45) is 3.36. The average Bonchev–Trinajstić information content (AvgIpc) is 2.94. The fraction of sp³-hybridized carbons (Fsp3) is 0.391. The summed E-state index contributed by atoms with van der Waals surface area (Å²) in [6, 6.07) is 12.9. The number of fused-ring (bicyclic) bond motifs is 1. The Labute approximate surface area is 147 Å². The van der Waals surface area contributed by atoms with Crippen molar-refractivity contribution in [3.8, 4) is 16.9 Å². The summed E-state index contributed by atoms with van der Waals surface area (Å²) in [7, 11) is 1.79. The van der Waals surface area contributed by atoms with E-state index in [1.54, 1.807) is 7.11 Å². The highest BCUT2D eigenvalue weighted by atomic mass is 16.5. The van der Waals surface area contributed by atoms with Crippen LogP contribution in [0.1, 0.15) is 58.2 Å². The van der Waals surface area contributed by atoms with Crippen molar-refractivity contribution in [1.29, 1.82) is 0 Å². The predicted octanol–water partition coefficient (Wildman–Crippen LogP) is 6.65. The first-order valence-corrected chi connectivity index (χ1v) is 8.88. The Morgan fingerprint density at radius 1 is 1.00 bits per heavy atom. The van der Waals surface area contributed by atoms with Crippen molar-refractivity contribution in [3.63, 3.8) is 0 Å². The monoisotopic (exact) mass is 322 g/mol. The van der Waals surface area contributed by atoms with Gasteiger partial charge < -0.3 is 4.74 Å². The van der Waals surface area contributed by atoms with Gasteiger partial charge >= 0.3 is 0 Å². The molecule has 0 radical (unpaired) electrons. The highest BCUT2D eigenvalue weighted by Gasteiger charge is 2.27. The summed E-state index contributed by atoms with van der Waals surface area (Å²) < 4.78 is 5.89. The molecule has 0 atom stereocenters. The Hall–Kier alpha value is -2.02. The van der Waals surface area contributed by atoms with E-state index in [9.17, 15) is 0 Å². The van der Waals surface area contributed by atoms with Crippen molar-refractivity contribution < 1.29 is 4.74 Å². The van der Waals surface area contributed by atoms with E-state index in [1.165, 1.54) is 33.4 Å². The predicted molar refractivity (Wildman–Crippen MR) is 106 cm³/mol. The van der Waals surface area contributed by atoms with Crippen LogP contribution in [0.4, 0.5) is 0 Å². The van der Waals surface area contributed by atoms with Gasteiger partial charge in [-0.2, -0.15) is 0 Å². The van der Waals surface area contributed by atoms with E-state index in [2.05, 4.69) is 70.2 Å². The summed E-state index contributed by atoms with van der Waals surface area (Å²) in [5.41, 5.74) is 7.97. The van der Waals surface area contributed by atoms with Gasteiger partial charge in [0.25, 0.3) is 0 Å². The van der Waals surface area contributed by atoms with Crippen LogP contribution in [0.5, 0.6) is 5.75 Å². The zero-order valence-corrected chi connectivity index (χ0v) is 16.2. The third-order valence-electron chi connectivity index (χ3n) is 4.34. The van der Waals surface area contributed by atoms with Gasteiger partial charge in [-0.15, -0.1) is 0 Å². The van der Waals surface area contributed by atoms with Crippen molar-refractivity contribution >= 4 is 6.08 Å². The Morgan fingerprint density at radius 3 is 2.17 bits per heavy atom. The molecule has 0 fully saturated rings. The molecule has 0 bridgehead atoms. The molecule has 2 aromatic rings. The molecule has 0 heterocycles. The number of ether oxygens (including phenoxy) is 1. The molecular weight excluding hydrogens is 292 g/mol. The largest absolute Gasteiger partial charge is 0.496 e. The third kappa shape index (κ3) is 3.40. The van der Waals surface area contributed by atoms with Crippen molar-refractivity contribution in [2.75, 3.05) is 7.11 Å². The summed E-state index contributed by atoms with van der Waals surface area (Å²) in [5, 5.41) is 0. The highest BCUT2D eigenvalue weighted by molar-refractivity contribution is 5.86. The molecule has 2 aromatic carbocycles. The summed E-state index contributed by atoms with van der Waals surface area (Å²) in [4.78, 5) is 0. The Kier molecular flexibility index (Phi) is 5.54. The number of hydrogen-bond acceptors (Lipinski definition) is 1. The van der Waals surface area contributed by atoms with E-state index in [0.29, 0.717) is 0 Å². The number of hydrogen-bond donors (Lipinski definition) is 0. The molecular formula is C23H30O. The number of methoxy groups -OCH3 is 1. The van der Waals surface area contributed by atoms with Crippen molar-refractivity contribution in [3.05, 3.63) is 58.7 Å². The molecule has 1 heteroatoms. The van der Waals surface area contributed by atoms with Gasteiger partial charge in [-0.05, 0) is 35.4 Å². The molecule has 0 saturated carbocycles. The minimum absolute atomic E-state index is 0.0560. The lowest BCUT2D eigenvalue weighted by atomic mass is 9.81. The van der Waals surface area contributed by atoms with Crippen molar-refractivity contribution in [2.24, 2.45) is 0 Å². The highest BCUT2D eigenvalue weighted by Crippen LogP contribution is 2.46. The maximum atomic E-state index is 5.89. The lowest BCUT2D eigenvalue weighted by molar-refractivity contribution is 0.399. The van der Waals surface area contributed by atoms with Gasteiger partial charge in [-0.25, -0.2) is 0 Å².